The van der Waals surface area contributed by atoms with Crippen molar-refractivity contribution in [3.63, 3.8) is 0 Å². The van der Waals surface area contributed by atoms with Crippen LogP contribution in [0.2, 0.25) is 5.02 Å². The maximum Gasteiger partial charge on any atom is 0.290 e. The second-order valence-electron chi connectivity index (χ2n) is 10.1. The van der Waals surface area contributed by atoms with Gasteiger partial charge in [0.2, 0.25) is 5.91 Å². The van der Waals surface area contributed by atoms with Crippen molar-refractivity contribution in [2.75, 3.05) is 6.54 Å². The summed E-state index contributed by atoms with van der Waals surface area (Å²) in [6, 6.07) is 10.8. The summed E-state index contributed by atoms with van der Waals surface area (Å²) in [4.78, 5) is 33.0. The number of halogens is 1. The molecule has 1 aliphatic rings. The number of amides is 2. The van der Waals surface area contributed by atoms with Crippen molar-refractivity contribution >= 4 is 34.4 Å². The summed E-state index contributed by atoms with van der Waals surface area (Å²) in [5, 5.41) is 4.65. The molecule has 2 atom stereocenters. The highest BCUT2D eigenvalue weighted by atomic mass is 35.5. The number of aromatic nitrogens is 1. The Morgan fingerprint density at radius 1 is 1.24 bits per heavy atom. The van der Waals surface area contributed by atoms with E-state index in [1.165, 1.54) is 0 Å². The number of hydrogen-bond donors (Lipinski definition) is 1. The molecule has 0 saturated carbocycles. The zero-order valence-corrected chi connectivity index (χ0v) is 21.0. The molecule has 7 heteroatoms. The van der Waals surface area contributed by atoms with Crippen LogP contribution in [0.25, 0.3) is 11.0 Å². The van der Waals surface area contributed by atoms with E-state index in [4.69, 9.17) is 16.0 Å². The Balaban J connectivity index is 1.62. The number of piperidine rings is 1. The largest absolute Gasteiger partial charge is 0.451 e. The third-order valence-corrected chi connectivity index (χ3v) is 6.75. The topological polar surface area (TPSA) is 75.4 Å². The Hall–Kier alpha value is -2.86. The molecule has 2 unspecified atom stereocenters. The molecule has 2 aromatic heterocycles. The Bertz CT molecular complexity index is 1180. The van der Waals surface area contributed by atoms with E-state index < -0.39 is 5.41 Å². The maximum absolute atomic E-state index is 13.7. The first kappa shape index (κ1) is 24.3. The van der Waals surface area contributed by atoms with Crippen LogP contribution in [-0.4, -0.2) is 34.3 Å². The molecule has 6 nitrogen and oxygen atoms in total. The van der Waals surface area contributed by atoms with Gasteiger partial charge in [-0.3, -0.25) is 14.6 Å². The van der Waals surface area contributed by atoms with E-state index in [9.17, 15) is 9.59 Å². The van der Waals surface area contributed by atoms with E-state index in [0.29, 0.717) is 29.3 Å². The predicted octanol–water partition coefficient (Wildman–Crippen LogP) is 6.08. The van der Waals surface area contributed by atoms with Crippen LogP contribution in [0.3, 0.4) is 0 Å². The molecule has 0 bridgehead atoms. The van der Waals surface area contributed by atoms with Crippen molar-refractivity contribution in [3.8, 4) is 0 Å². The Labute approximate surface area is 205 Å². The van der Waals surface area contributed by atoms with E-state index in [1.807, 2.05) is 56.9 Å². The van der Waals surface area contributed by atoms with Gasteiger partial charge in [-0.2, -0.15) is 0 Å². The molecule has 34 heavy (non-hydrogen) atoms. The lowest BCUT2D eigenvalue weighted by atomic mass is 9.91. The second kappa shape index (κ2) is 9.79. The van der Waals surface area contributed by atoms with E-state index in [1.54, 1.807) is 18.3 Å². The monoisotopic (exact) mass is 481 g/mol. The number of rotatable bonds is 5. The van der Waals surface area contributed by atoms with Crippen LogP contribution in [-0.2, 0) is 4.79 Å². The molecule has 3 heterocycles. The van der Waals surface area contributed by atoms with E-state index >= 15 is 0 Å². The highest BCUT2D eigenvalue weighted by Crippen LogP contribution is 2.32. The maximum atomic E-state index is 13.7. The zero-order valence-electron chi connectivity index (χ0n) is 20.2. The summed E-state index contributed by atoms with van der Waals surface area (Å²) < 4.78 is 5.98. The number of nitrogens with zero attached hydrogens (tertiary/aromatic N) is 2. The molecule has 3 aromatic rings. The standard InChI is InChI=1S/C27H32ClN3O3/c1-17-20-15-18(28)11-12-23(20)34-24(17)25(32)31-14-8-6-9-19(31)16-22(21-10-5-7-13-29-21)30-26(33)27(2,3)4/h5,7,10-13,15,19,22H,6,8-9,14,16H2,1-4H3,(H,30,33). The number of hydrogen-bond acceptors (Lipinski definition) is 4. The molecular weight excluding hydrogens is 450 g/mol. The van der Waals surface area contributed by atoms with Gasteiger partial charge in [-0.25, -0.2) is 0 Å². The number of pyridine rings is 1. The van der Waals surface area contributed by atoms with Gasteiger partial charge in [0.25, 0.3) is 5.91 Å². The van der Waals surface area contributed by atoms with Crippen LogP contribution in [0.5, 0.6) is 0 Å². The molecule has 1 fully saturated rings. The van der Waals surface area contributed by atoms with Crippen LogP contribution < -0.4 is 5.32 Å². The van der Waals surface area contributed by atoms with Gasteiger partial charge in [0, 0.05) is 40.2 Å². The fourth-order valence-electron chi connectivity index (χ4n) is 4.52. The number of carbonyl (C=O) groups excluding carboxylic acids is 2. The molecule has 1 aliphatic heterocycles. The number of likely N-dealkylation sites (tertiary alicyclic amines) is 1. The highest BCUT2D eigenvalue weighted by Gasteiger charge is 2.34. The zero-order chi connectivity index (χ0) is 24.5. The molecular formula is C27H32ClN3O3. The molecule has 1 saturated heterocycles. The van der Waals surface area contributed by atoms with Gasteiger partial charge in [-0.05, 0) is 62.9 Å². The lowest BCUT2D eigenvalue weighted by molar-refractivity contribution is -0.129. The number of fused-ring (bicyclic) bond motifs is 1. The lowest BCUT2D eigenvalue weighted by Crippen LogP contribution is -2.47. The number of furan rings is 1. The lowest BCUT2D eigenvalue weighted by Gasteiger charge is -2.37. The van der Waals surface area contributed by atoms with E-state index in [2.05, 4.69) is 10.3 Å². The SMILES string of the molecule is Cc1c(C(=O)N2CCCCC2CC(NC(=O)C(C)(C)C)c2ccccn2)oc2ccc(Cl)cc12. The van der Waals surface area contributed by atoms with Crippen molar-refractivity contribution in [1.82, 2.24) is 15.2 Å². The first-order valence-corrected chi connectivity index (χ1v) is 12.2. The smallest absolute Gasteiger partial charge is 0.290 e. The minimum atomic E-state index is -0.526. The fourth-order valence-corrected chi connectivity index (χ4v) is 4.70. The first-order valence-electron chi connectivity index (χ1n) is 11.9. The fraction of sp³-hybridized carbons (Fsp3) is 0.444. The summed E-state index contributed by atoms with van der Waals surface area (Å²) >= 11 is 6.16. The third-order valence-electron chi connectivity index (χ3n) is 6.52. The molecule has 1 aromatic carbocycles. The average Bonchev–Trinajstić information content (AvgIpc) is 3.14. The molecule has 4 rings (SSSR count). The van der Waals surface area contributed by atoms with Crippen LogP contribution >= 0.6 is 11.6 Å². The summed E-state index contributed by atoms with van der Waals surface area (Å²) in [5.74, 6) is 0.204. The minimum absolute atomic E-state index is 0.0373. The van der Waals surface area contributed by atoms with E-state index in [-0.39, 0.29) is 23.9 Å². The summed E-state index contributed by atoms with van der Waals surface area (Å²) in [6.07, 6.45) is 5.17. The highest BCUT2D eigenvalue weighted by molar-refractivity contribution is 6.31. The van der Waals surface area contributed by atoms with Gasteiger partial charge in [0.05, 0.1) is 11.7 Å². The van der Waals surface area contributed by atoms with E-state index in [0.717, 1.165) is 35.9 Å². The molecule has 0 spiro atoms. The van der Waals surface area contributed by atoms with Gasteiger partial charge in [0.1, 0.15) is 5.58 Å². The Morgan fingerprint density at radius 3 is 2.74 bits per heavy atom. The van der Waals surface area contributed by atoms with Crippen LogP contribution in [0.4, 0.5) is 0 Å². The van der Waals surface area contributed by atoms with Gasteiger partial charge >= 0.3 is 0 Å². The third kappa shape index (κ3) is 5.12. The van der Waals surface area contributed by atoms with Crippen LogP contribution in [0, 0.1) is 12.3 Å². The molecule has 0 radical (unpaired) electrons. The van der Waals surface area contributed by atoms with Gasteiger partial charge in [-0.15, -0.1) is 0 Å². The predicted molar refractivity (Wildman–Crippen MR) is 134 cm³/mol. The molecule has 1 N–H and O–H groups in total. The van der Waals surface area contributed by atoms with Crippen LogP contribution in [0.15, 0.2) is 47.0 Å². The summed E-state index contributed by atoms with van der Waals surface area (Å²) in [5.41, 5.74) is 1.73. The number of benzene rings is 1. The number of aryl methyl sites for hydroxylation is 1. The average molecular weight is 482 g/mol. The second-order valence-corrected chi connectivity index (χ2v) is 10.5. The van der Waals surface area contributed by atoms with Crippen molar-refractivity contribution in [2.45, 2.75) is 65.5 Å². The Morgan fingerprint density at radius 2 is 2.03 bits per heavy atom. The van der Waals surface area contributed by atoms with Crippen molar-refractivity contribution in [1.29, 1.82) is 0 Å². The quantitative estimate of drug-likeness (QED) is 0.479. The minimum Gasteiger partial charge on any atom is -0.451 e. The summed E-state index contributed by atoms with van der Waals surface area (Å²) in [6.45, 7) is 8.23. The van der Waals surface area contributed by atoms with Gasteiger partial charge < -0.3 is 14.6 Å². The van der Waals surface area contributed by atoms with Crippen LogP contribution in [0.1, 0.15) is 74.3 Å². The first-order chi connectivity index (χ1) is 16.1. The van der Waals surface area contributed by atoms with Gasteiger partial charge in [0.15, 0.2) is 5.76 Å². The van der Waals surface area contributed by atoms with Crippen molar-refractivity contribution < 1.29 is 14.0 Å². The molecule has 180 valence electrons. The molecule has 0 aliphatic carbocycles. The van der Waals surface area contributed by atoms with Crippen molar-refractivity contribution in [3.05, 3.63) is 64.6 Å². The number of nitrogens with one attached hydrogen (secondary N) is 1. The number of carbonyl (C=O) groups is 2. The normalized spacial score (nSPS) is 17.6. The summed E-state index contributed by atoms with van der Waals surface area (Å²) in [7, 11) is 0. The van der Waals surface area contributed by atoms with Gasteiger partial charge in [-0.1, -0.05) is 38.4 Å². The molecule has 2 amide bonds. The van der Waals surface area contributed by atoms with Crippen molar-refractivity contribution in [2.24, 2.45) is 5.41 Å². The Kier molecular flexibility index (Phi) is 6.99.